The Morgan fingerprint density at radius 1 is 1.15 bits per heavy atom. The SMILES string of the molecule is O=c1cc(CO)c2cc(F)c(-c3ccc(CNO)cc3)cc2n1C1CC1. The van der Waals surface area contributed by atoms with Gasteiger partial charge in [-0.1, -0.05) is 24.3 Å². The van der Waals surface area contributed by atoms with Gasteiger partial charge in [-0.2, -0.15) is 0 Å². The summed E-state index contributed by atoms with van der Waals surface area (Å²) in [5.41, 5.74) is 4.99. The third-order valence-electron chi connectivity index (χ3n) is 4.86. The van der Waals surface area contributed by atoms with E-state index < -0.39 is 5.82 Å². The van der Waals surface area contributed by atoms with Gasteiger partial charge < -0.3 is 14.9 Å². The number of aliphatic hydroxyl groups is 1. The molecule has 134 valence electrons. The molecule has 0 amide bonds. The summed E-state index contributed by atoms with van der Waals surface area (Å²) < 4.78 is 16.5. The Hall–Kier alpha value is -2.54. The van der Waals surface area contributed by atoms with Crippen LogP contribution in [0.2, 0.25) is 0 Å². The Morgan fingerprint density at radius 3 is 2.50 bits per heavy atom. The van der Waals surface area contributed by atoms with E-state index >= 15 is 0 Å². The second kappa shape index (κ2) is 6.64. The average molecular weight is 354 g/mol. The van der Waals surface area contributed by atoms with Gasteiger partial charge in [0.2, 0.25) is 0 Å². The summed E-state index contributed by atoms with van der Waals surface area (Å²) in [5, 5.41) is 18.9. The van der Waals surface area contributed by atoms with Crippen molar-refractivity contribution in [2.75, 3.05) is 0 Å². The molecule has 0 spiro atoms. The molecule has 0 radical (unpaired) electrons. The molecule has 4 rings (SSSR count). The maximum Gasteiger partial charge on any atom is 0.251 e. The first-order valence-electron chi connectivity index (χ1n) is 8.57. The Kier molecular flexibility index (Phi) is 4.32. The van der Waals surface area contributed by atoms with E-state index in [0.717, 1.165) is 18.4 Å². The minimum Gasteiger partial charge on any atom is -0.392 e. The summed E-state index contributed by atoms with van der Waals surface area (Å²) in [6.07, 6.45) is 1.87. The van der Waals surface area contributed by atoms with Crippen LogP contribution in [0.15, 0.2) is 47.3 Å². The lowest BCUT2D eigenvalue weighted by molar-refractivity contribution is 0.161. The lowest BCUT2D eigenvalue weighted by Gasteiger charge is -2.14. The third-order valence-corrected chi connectivity index (χ3v) is 4.86. The molecule has 0 bridgehead atoms. The number of hydrogen-bond donors (Lipinski definition) is 3. The Balaban J connectivity index is 1.92. The van der Waals surface area contributed by atoms with Gasteiger partial charge in [0, 0.05) is 29.6 Å². The number of benzene rings is 2. The lowest BCUT2D eigenvalue weighted by Crippen LogP contribution is -2.20. The molecule has 3 N–H and O–H groups in total. The fourth-order valence-corrected chi connectivity index (χ4v) is 3.39. The highest BCUT2D eigenvalue weighted by molar-refractivity contribution is 5.87. The van der Waals surface area contributed by atoms with Crippen LogP contribution < -0.4 is 11.0 Å². The number of nitrogens with one attached hydrogen (secondary N) is 1. The van der Waals surface area contributed by atoms with Crippen LogP contribution in [0.4, 0.5) is 4.39 Å². The van der Waals surface area contributed by atoms with Crippen molar-refractivity contribution in [2.45, 2.75) is 32.0 Å². The number of fused-ring (bicyclic) bond motifs is 1. The van der Waals surface area contributed by atoms with E-state index in [1.54, 1.807) is 34.9 Å². The van der Waals surface area contributed by atoms with Crippen LogP contribution in [0.5, 0.6) is 0 Å². The molecule has 3 aromatic rings. The van der Waals surface area contributed by atoms with Crippen molar-refractivity contribution in [1.82, 2.24) is 10.0 Å². The maximum atomic E-state index is 14.8. The first-order chi connectivity index (χ1) is 12.6. The first-order valence-corrected chi connectivity index (χ1v) is 8.57. The predicted molar refractivity (Wildman–Crippen MR) is 96.4 cm³/mol. The van der Waals surface area contributed by atoms with Crippen molar-refractivity contribution in [3.05, 3.63) is 69.8 Å². The van der Waals surface area contributed by atoms with Crippen LogP contribution in [-0.2, 0) is 13.2 Å². The van der Waals surface area contributed by atoms with Gasteiger partial charge in [0.1, 0.15) is 5.82 Å². The van der Waals surface area contributed by atoms with Crippen molar-refractivity contribution in [2.24, 2.45) is 0 Å². The minimum absolute atomic E-state index is 0.147. The molecular weight excluding hydrogens is 335 g/mol. The third kappa shape index (κ3) is 2.92. The number of aliphatic hydroxyl groups excluding tert-OH is 1. The molecule has 0 unspecified atom stereocenters. The summed E-state index contributed by atoms with van der Waals surface area (Å²) in [6, 6.07) is 11.8. The molecule has 0 atom stereocenters. The largest absolute Gasteiger partial charge is 0.392 e. The Labute approximate surface area is 149 Å². The summed E-state index contributed by atoms with van der Waals surface area (Å²) in [4.78, 5) is 12.5. The molecule has 0 aliphatic heterocycles. The zero-order valence-corrected chi connectivity index (χ0v) is 14.1. The highest BCUT2D eigenvalue weighted by atomic mass is 19.1. The molecule has 1 aliphatic carbocycles. The molecule has 26 heavy (non-hydrogen) atoms. The predicted octanol–water partition coefficient (Wildman–Crippen LogP) is 3.11. The zero-order valence-electron chi connectivity index (χ0n) is 14.1. The molecule has 6 heteroatoms. The van der Waals surface area contributed by atoms with E-state index in [4.69, 9.17) is 5.21 Å². The second-order valence-electron chi connectivity index (χ2n) is 6.65. The summed E-state index contributed by atoms with van der Waals surface area (Å²) in [5.74, 6) is -0.402. The minimum atomic E-state index is -0.402. The van der Waals surface area contributed by atoms with Crippen molar-refractivity contribution in [3.8, 4) is 11.1 Å². The highest BCUT2D eigenvalue weighted by Gasteiger charge is 2.27. The molecule has 1 saturated carbocycles. The van der Waals surface area contributed by atoms with Gasteiger partial charge in [0.25, 0.3) is 5.56 Å². The standard InChI is InChI=1S/C20H19FN2O3/c21-18-8-17-14(11-24)7-20(25)23(15-5-6-15)19(17)9-16(18)13-3-1-12(2-4-13)10-22-26/h1-4,7-9,15,22,24,26H,5-6,10-11H2. The van der Waals surface area contributed by atoms with Crippen molar-refractivity contribution < 1.29 is 14.7 Å². The van der Waals surface area contributed by atoms with Crippen molar-refractivity contribution in [1.29, 1.82) is 0 Å². The molecule has 1 fully saturated rings. The van der Waals surface area contributed by atoms with Gasteiger partial charge in [-0.3, -0.25) is 4.79 Å². The van der Waals surface area contributed by atoms with Crippen LogP contribution in [0.1, 0.15) is 30.0 Å². The lowest BCUT2D eigenvalue weighted by atomic mass is 9.99. The molecule has 1 aliphatic rings. The van der Waals surface area contributed by atoms with E-state index in [1.165, 1.54) is 12.1 Å². The number of pyridine rings is 1. The zero-order chi connectivity index (χ0) is 18.3. The smallest absolute Gasteiger partial charge is 0.251 e. The van der Waals surface area contributed by atoms with Gasteiger partial charge in [0.05, 0.1) is 12.1 Å². The fraction of sp³-hybridized carbons (Fsp3) is 0.250. The molecule has 2 aromatic carbocycles. The average Bonchev–Trinajstić information content (AvgIpc) is 3.47. The van der Waals surface area contributed by atoms with Crippen LogP contribution >= 0.6 is 0 Å². The van der Waals surface area contributed by atoms with Crippen molar-refractivity contribution >= 4 is 10.9 Å². The summed E-state index contributed by atoms with van der Waals surface area (Å²) in [7, 11) is 0. The van der Waals surface area contributed by atoms with Gasteiger partial charge >= 0.3 is 0 Å². The number of aromatic nitrogens is 1. The maximum absolute atomic E-state index is 14.8. The second-order valence-corrected chi connectivity index (χ2v) is 6.65. The van der Waals surface area contributed by atoms with E-state index in [2.05, 4.69) is 5.48 Å². The first kappa shape index (κ1) is 16.9. The Morgan fingerprint density at radius 2 is 1.88 bits per heavy atom. The normalized spacial score (nSPS) is 14.1. The molecule has 0 saturated heterocycles. The molecular formula is C20H19FN2O3. The monoisotopic (exact) mass is 354 g/mol. The van der Waals surface area contributed by atoms with E-state index in [-0.39, 0.29) is 18.2 Å². The van der Waals surface area contributed by atoms with E-state index in [1.807, 2.05) is 0 Å². The molecule has 1 aromatic heterocycles. The molecule has 1 heterocycles. The van der Waals surface area contributed by atoms with Crippen LogP contribution in [-0.4, -0.2) is 14.9 Å². The van der Waals surface area contributed by atoms with E-state index in [0.29, 0.717) is 34.1 Å². The van der Waals surface area contributed by atoms with Gasteiger partial charge in [-0.15, -0.1) is 0 Å². The van der Waals surface area contributed by atoms with Gasteiger partial charge in [-0.25, -0.2) is 9.87 Å². The number of rotatable bonds is 5. The highest BCUT2D eigenvalue weighted by Crippen LogP contribution is 2.38. The topological polar surface area (TPSA) is 74.5 Å². The fourth-order valence-electron chi connectivity index (χ4n) is 3.39. The van der Waals surface area contributed by atoms with Crippen LogP contribution in [0.3, 0.4) is 0 Å². The Bertz CT molecular complexity index is 1020. The summed E-state index contributed by atoms with van der Waals surface area (Å²) in [6.45, 7) is 0.000451. The number of hydrogen-bond acceptors (Lipinski definition) is 4. The van der Waals surface area contributed by atoms with Crippen LogP contribution in [0, 0.1) is 5.82 Å². The number of halogens is 1. The van der Waals surface area contributed by atoms with Gasteiger partial charge in [0.15, 0.2) is 0 Å². The number of nitrogens with zero attached hydrogens (tertiary/aromatic N) is 1. The number of hydroxylamine groups is 1. The van der Waals surface area contributed by atoms with Gasteiger partial charge in [-0.05, 0) is 41.7 Å². The van der Waals surface area contributed by atoms with E-state index in [9.17, 15) is 14.3 Å². The summed E-state index contributed by atoms with van der Waals surface area (Å²) >= 11 is 0. The quantitative estimate of drug-likeness (QED) is 0.616. The van der Waals surface area contributed by atoms with Crippen LogP contribution in [0.25, 0.3) is 22.0 Å². The molecule has 5 nitrogen and oxygen atoms in total. The van der Waals surface area contributed by atoms with Crippen molar-refractivity contribution in [3.63, 3.8) is 0 Å².